The molecule has 20 heavy (non-hydrogen) atoms. The van der Waals surface area contributed by atoms with Crippen molar-refractivity contribution in [3.8, 4) is 0 Å². The molecule has 2 aliphatic rings. The summed E-state index contributed by atoms with van der Waals surface area (Å²) in [7, 11) is 0. The van der Waals surface area contributed by atoms with E-state index in [-0.39, 0.29) is 11.5 Å². The Kier molecular flexibility index (Phi) is 2.33. The quantitative estimate of drug-likeness (QED) is 0.782. The highest BCUT2D eigenvalue weighted by atomic mass is 16.2. The van der Waals surface area contributed by atoms with E-state index in [9.17, 15) is 4.79 Å². The Balaban J connectivity index is 1.86. The van der Waals surface area contributed by atoms with Gasteiger partial charge in [-0.05, 0) is 25.8 Å². The topological polar surface area (TPSA) is 36.1 Å². The standard InChI is InChI=1S/C17H20N2O/c1-11-7-8-17(2)9-15-13(10-19(17)16(11)20)12-5-3-4-6-14(12)18-15/h3-6,11,18H,7-10H2,1-2H3. The molecule has 1 amide bonds. The molecule has 1 aromatic carbocycles. The summed E-state index contributed by atoms with van der Waals surface area (Å²) in [6.45, 7) is 5.07. The van der Waals surface area contributed by atoms with E-state index in [1.807, 2.05) is 0 Å². The lowest BCUT2D eigenvalue weighted by atomic mass is 9.77. The molecular weight excluding hydrogens is 248 g/mol. The summed E-state index contributed by atoms with van der Waals surface area (Å²) < 4.78 is 0. The van der Waals surface area contributed by atoms with E-state index in [2.05, 4.69) is 48.0 Å². The van der Waals surface area contributed by atoms with Crippen molar-refractivity contribution in [1.29, 1.82) is 0 Å². The van der Waals surface area contributed by atoms with Gasteiger partial charge in [0.05, 0.1) is 0 Å². The molecule has 3 heteroatoms. The van der Waals surface area contributed by atoms with Crippen LogP contribution in [-0.4, -0.2) is 21.3 Å². The normalized spacial score (nSPS) is 29.4. The van der Waals surface area contributed by atoms with Gasteiger partial charge in [-0.1, -0.05) is 25.1 Å². The summed E-state index contributed by atoms with van der Waals surface area (Å²) in [5, 5.41) is 1.27. The molecule has 2 aliphatic heterocycles. The van der Waals surface area contributed by atoms with E-state index in [0.717, 1.165) is 25.8 Å². The van der Waals surface area contributed by atoms with Crippen molar-refractivity contribution in [3.63, 3.8) is 0 Å². The van der Waals surface area contributed by atoms with Gasteiger partial charge in [0.1, 0.15) is 0 Å². The van der Waals surface area contributed by atoms with Gasteiger partial charge < -0.3 is 9.88 Å². The van der Waals surface area contributed by atoms with Crippen LogP contribution in [0.3, 0.4) is 0 Å². The number of piperidine rings is 1. The number of nitrogens with one attached hydrogen (secondary N) is 1. The lowest BCUT2D eigenvalue weighted by Crippen LogP contribution is -2.57. The molecule has 104 valence electrons. The molecule has 3 nitrogen and oxygen atoms in total. The SMILES string of the molecule is CC1CCC2(C)Cc3[nH]c4ccccc4c3CN2C1=O. The minimum Gasteiger partial charge on any atom is -0.358 e. The van der Waals surface area contributed by atoms with E-state index >= 15 is 0 Å². The lowest BCUT2D eigenvalue weighted by molar-refractivity contribution is -0.148. The summed E-state index contributed by atoms with van der Waals surface area (Å²) in [6.07, 6.45) is 3.07. The third-order valence-electron chi connectivity index (χ3n) is 5.23. The van der Waals surface area contributed by atoms with E-state index in [1.165, 1.54) is 22.2 Å². The number of fused-ring (bicyclic) bond motifs is 4. The van der Waals surface area contributed by atoms with Gasteiger partial charge in [0.25, 0.3) is 0 Å². The summed E-state index contributed by atoms with van der Waals surface area (Å²) in [5.74, 6) is 0.504. The average Bonchev–Trinajstić information content (AvgIpc) is 2.79. The van der Waals surface area contributed by atoms with Crippen LogP contribution >= 0.6 is 0 Å². The van der Waals surface area contributed by atoms with Gasteiger partial charge in [-0.2, -0.15) is 0 Å². The Bertz CT molecular complexity index is 702. The van der Waals surface area contributed by atoms with Crippen LogP contribution in [0.5, 0.6) is 0 Å². The highest BCUT2D eigenvalue weighted by Crippen LogP contribution is 2.41. The maximum absolute atomic E-state index is 12.5. The van der Waals surface area contributed by atoms with Gasteiger partial charge in [0.2, 0.25) is 5.91 Å². The average molecular weight is 268 g/mol. The first-order valence-corrected chi connectivity index (χ1v) is 7.48. The van der Waals surface area contributed by atoms with Gasteiger partial charge in [0, 0.05) is 46.6 Å². The second-order valence-corrected chi connectivity index (χ2v) is 6.67. The third-order valence-corrected chi connectivity index (χ3v) is 5.23. The van der Waals surface area contributed by atoms with Crippen LogP contribution in [0, 0.1) is 5.92 Å². The van der Waals surface area contributed by atoms with Crippen molar-refractivity contribution in [1.82, 2.24) is 9.88 Å². The number of rotatable bonds is 0. The molecule has 1 aromatic heterocycles. The van der Waals surface area contributed by atoms with Gasteiger partial charge >= 0.3 is 0 Å². The highest BCUT2D eigenvalue weighted by Gasteiger charge is 2.45. The predicted octanol–water partition coefficient (Wildman–Crippen LogP) is 3.24. The summed E-state index contributed by atoms with van der Waals surface area (Å²) >= 11 is 0. The van der Waals surface area contributed by atoms with Crippen molar-refractivity contribution >= 4 is 16.8 Å². The van der Waals surface area contributed by atoms with E-state index < -0.39 is 0 Å². The van der Waals surface area contributed by atoms with Gasteiger partial charge in [-0.25, -0.2) is 0 Å². The number of carbonyl (C=O) groups excluding carboxylic acids is 1. The largest absolute Gasteiger partial charge is 0.358 e. The van der Waals surface area contributed by atoms with E-state index in [0.29, 0.717) is 5.91 Å². The maximum atomic E-state index is 12.5. The fourth-order valence-corrected chi connectivity index (χ4v) is 3.90. The van der Waals surface area contributed by atoms with Crippen LogP contribution in [0.15, 0.2) is 24.3 Å². The maximum Gasteiger partial charge on any atom is 0.226 e. The number of para-hydroxylation sites is 1. The summed E-state index contributed by atoms with van der Waals surface area (Å²) in [4.78, 5) is 18.2. The zero-order valence-electron chi connectivity index (χ0n) is 12.1. The Hall–Kier alpha value is -1.77. The molecule has 2 atom stereocenters. The molecular formula is C17H20N2O. The molecule has 1 fully saturated rings. The molecule has 2 unspecified atom stereocenters. The van der Waals surface area contributed by atoms with Crippen molar-refractivity contribution < 1.29 is 4.79 Å². The first-order valence-electron chi connectivity index (χ1n) is 7.48. The number of carbonyl (C=O) groups is 1. The summed E-state index contributed by atoms with van der Waals surface area (Å²) in [6, 6.07) is 8.42. The third kappa shape index (κ3) is 1.49. The lowest BCUT2D eigenvalue weighted by Gasteiger charge is -2.49. The Morgan fingerprint density at radius 2 is 2.15 bits per heavy atom. The number of benzene rings is 1. The fraction of sp³-hybridized carbons (Fsp3) is 0.471. The monoisotopic (exact) mass is 268 g/mol. The Morgan fingerprint density at radius 3 is 3.00 bits per heavy atom. The predicted molar refractivity (Wildman–Crippen MR) is 79.4 cm³/mol. The molecule has 0 radical (unpaired) electrons. The summed E-state index contributed by atoms with van der Waals surface area (Å²) in [5.41, 5.74) is 3.84. The number of hydrogen-bond acceptors (Lipinski definition) is 1. The number of aromatic amines is 1. The van der Waals surface area contributed by atoms with E-state index in [4.69, 9.17) is 0 Å². The van der Waals surface area contributed by atoms with Crippen LogP contribution < -0.4 is 0 Å². The van der Waals surface area contributed by atoms with Crippen molar-refractivity contribution in [2.24, 2.45) is 5.92 Å². The second-order valence-electron chi connectivity index (χ2n) is 6.67. The molecule has 2 aromatic rings. The number of H-pyrrole nitrogens is 1. The van der Waals surface area contributed by atoms with Crippen LogP contribution in [0.25, 0.3) is 10.9 Å². The molecule has 0 bridgehead atoms. The zero-order chi connectivity index (χ0) is 13.9. The van der Waals surface area contributed by atoms with E-state index in [1.54, 1.807) is 0 Å². The molecule has 1 saturated heterocycles. The smallest absolute Gasteiger partial charge is 0.226 e. The second kappa shape index (κ2) is 3.87. The Labute approximate surface area is 119 Å². The van der Waals surface area contributed by atoms with Crippen molar-refractivity contribution in [3.05, 3.63) is 35.5 Å². The number of nitrogens with zero attached hydrogens (tertiary/aromatic N) is 1. The number of aromatic nitrogens is 1. The number of hydrogen-bond donors (Lipinski definition) is 1. The molecule has 1 N–H and O–H groups in total. The van der Waals surface area contributed by atoms with Gasteiger partial charge in [-0.15, -0.1) is 0 Å². The molecule has 3 heterocycles. The van der Waals surface area contributed by atoms with Crippen LogP contribution in [0.2, 0.25) is 0 Å². The fourth-order valence-electron chi connectivity index (χ4n) is 3.90. The van der Waals surface area contributed by atoms with Crippen molar-refractivity contribution in [2.75, 3.05) is 0 Å². The van der Waals surface area contributed by atoms with Crippen LogP contribution in [-0.2, 0) is 17.8 Å². The zero-order valence-corrected chi connectivity index (χ0v) is 12.1. The van der Waals surface area contributed by atoms with Gasteiger partial charge in [0.15, 0.2) is 0 Å². The van der Waals surface area contributed by atoms with Crippen LogP contribution in [0.4, 0.5) is 0 Å². The molecule has 0 spiro atoms. The molecule has 4 rings (SSSR count). The van der Waals surface area contributed by atoms with Crippen molar-refractivity contribution in [2.45, 2.75) is 45.2 Å². The highest BCUT2D eigenvalue weighted by molar-refractivity contribution is 5.87. The van der Waals surface area contributed by atoms with Crippen LogP contribution in [0.1, 0.15) is 37.9 Å². The van der Waals surface area contributed by atoms with Gasteiger partial charge in [-0.3, -0.25) is 4.79 Å². The Morgan fingerprint density at radius 1 is 1.35 bits per heavy atom. The molecule has 0 saturated carbocycles. The number of amides is 1. The minimum absolute atomic E-state index is 0.00251. The first-order chi connectivity index (χ1) is 9.58. The minimum atomic E-state index is -0.00251. The first kappa shape index (κ1) is 12.0. The molecule has 0 aliphatic carbocycles.